The third kappa shape index (κ3) is 5.52. The normalized spacial score (nSPS) is 11.4. The van der Waals surface area contributed by atoms with Crippen molar-refractivity contribution in [3.63, 3.8) is 0 Å². The molecule has 0 aliphatic carbocycles. The number of hydrogen-bond acceptors (Lipinski definition) is 5. The Morgan fingerprint density at radius 2 is 1.69 bits per heavy atom. The fourth-order valence-corrected chi connectivity index (χ4v) is 3.28. The Kier molecular flexibility index (Phi) is 6.41. The lowest BCUT2D eigenvalue weighted by molar-refractivity contribution is -0.114. The minimum atomic E-state index is -0.491. The van der Waals surface area contributed by atoms with Crippen LogP contribution in [0, 0.1) is 0 Å². The molecule has 0 bridgehead atoms. The third-order valence-electron chi connectivity index (χ3n) is 4.08. The van der Waals surface area contributed by atoms with Gasteiger partial charge in [-0.2, -0.15) is 0 Å². The summed E-state index contributed by atoms with van der Waals surface area (Å²) in [6.07, 6.45) is -0.491. The van der Waals surface area contributed by atoms with Crippen molar-refractivity contribution in [2.24, 2.45) is 0 Å². The highest BCUT2D eigenvalue weighted by molar-refractivity contribution is 7.12. The number of anilines is 2. The molecule has 2 aromatic carbocycles. The minimum Gasteiger partial charge on any atom is -0.454 e. The molecule has 0 radical (unpaired) electrons. The maximum Gasteiger partial charge on any atom is 0.338 e. The van der Waals surface area contributed by atoms with Crippen LogP contribution < -0.4 is 10.6 Å². The van der Waals surface area contributed by atoms with Crippen LogP contribution in [0.25, 0.3) is 0 Å². The summed E-state index contributed by atoms with van der Waals surface area (Å²) < 4.78 is 5.52. The second-order valence-electron chi connectivity index (χ2n) is 6.36. The first-order valence-electron chi connectivity index (χ1n) is 8.96. The highest BCUT2D eigenvalue weighted by Crippen LogP contribution is 2.22. The summed E-state index contributed by atoms with van der Waals surface area (Å²) >= 11 is 1.36. The fraction of sp³-hybridized carbons (Fsp3) is 0.136. The van der Waals surface area contributed by atoms with E-state index < -0.39 is 12.1 Å². The molecular formula is C22H20N2O4S. The van der Waals surface area contributed by atoms with E-state index in [9.17, 15) is 14.4 Å². The van der Waals surface area contributed by atoms with Gasteiger partial charge < -0.3 is 15.4 Å². The summed E-state index contributed by atoms with van der Waals surface area (Å²) in [4.78, 5) is 36.3. The first kappa shape index (κ1) is 20.3. The van der Waals surface area contributed by atoms with Crippen molar-refractivity contribution in [2.75, 3.05) is 10.6 Å². The molecule has 1 atom stereocenters. The third-order valence-corrected chi connectivity index (χ3v) is 4.95. The fourth-order valence-electron chi connectivity index (χ4n) is 2.66. The summed E-state index contributed by atoms with van der Waals surface area (Å²) in [5.41, 5.74) is 2.38. The van der Waals surface area contributed by atoms with E-state index in [1.807, 2.05) is 17.5 Å². The average Bonchev–Trinajstić information content (AvgIpc) is 3.23. The Bertz CT molecular complexity index is 1010. The first-order chi connectivity index (χ1) is 13.9. The van der Waals surface area contributed by atoms with Crippen molar-refractivity contribution in [2.45, 2.75) is 20.0 Å². The highest BCUT2D eigenvalue weighted by atomic mass is 32.1. The van der Waals surface area contributed by atoms with Crippen LogP contribution >= 0.6 is 11.3 Å². The molecule has 148 valence electrons. The Labute approximate surface area is 172 Å². The molecule has 2 amide bonds. The van der Waals surface area contributed by atoms with Crippen molar-refractivity contribution in [1.29, 1.82) is 0 Å². The predicted octanol–water partition coefficient (Wildman–Crippen LogP) is 4.88. The predicted molar refractivity (Wildman–Crippen MR) is 113 cm³/mol. The zero-order valence-corrected chi connectivity index (χ0v) is 16.8. The molecular weight excluding hydrogens is 388 g/mol. The number of amides is 2. The van der Waals surface area contributed by atoms with E-state index in [4.69, 9.17) is 4.74 Å². The van der Waals surface area contributed by atoms with Gasteiger partial charge in [0, 0.05) is 18.3 Å². The largest absolute Gasteiger partial charge is 0.454 e. The second kappa shape index (κ2) is 9.16. The molecule has 29 heavy (non-hydrogen) atoms. The zero-order chi connectivity index (χ0) is 20.8. The summed E-state index contributed by atoms with van der Waals surface area (Å²) in [7, 11) is 0. The van der Waals surface area contributed by atoms with Crippen molar-refractivity contribution in [1.82, 2.24) is 0 Å². The second-order valence-corrected chi connectivity index (χ2v) is 7.31. The van der Waals surface area contributed by atoms with Gasteiger partial charge in [-0.1, -0.05) is 18.2 Å². The summed E-state index contributed by atoms with van der Waals surface area (Å²) in [6, 6.07) is 17.2. The zero-order valence-electron chi connectivity index (χ0n) is 16.0. The van der Waals surface area contributed by atoms with Crippen LogP contribution in [0.5, 0.6) is 0 Å². The van der Waals surface area contributed by atoms with Crippen molar-refractivity contribution < 1.29 is 19.1 Å². The van der Waals surface area contributed by atoms with Crippen LogP contribution in [0.2, 0.25) is 0 Å². The first-order valence-corrected chi connectivity index (χ1v) is 9.84. The lowest BCUT2D eigenvalue weighted by Crippen LogP contribution is -2.12. The topological polar surface area (TPSA) is 84.5 Å². The smallest absolute Gasteiger partial charge is 0.338 e. The monoisotopic (exact) mass is 408 g/mol. The van der Waals surface area contributed by atoms with Gasteiger partial charge in [-0.25, -0.2) is 4.79 Å². The molecule has 3 aromatic rings. The van der Waals surface area contributed by atoms with Gasteiger partial charge in [0.2, 0.25) is 5.91 Å². The lowest BCUT2D eigenvalue weighted by atomic mass is 10.1. The number of esters is 1. The Balaban J connectivity index is 1.61. The van der Waals surface area contributed by atoms with Crippen molar-refractivity contribution in [3.05, 3.63) is 82.0 Å². The Hall–Kier alpha value is -3.45. The molecule has 6 nitrogen and oxygen atoms in total. The SMILES string of the molecule is CC(=O)Nc1cccc(C(C)OC(=O)c2ccc(NC(=O)c3cccs3)cc2)c1. The Morgan fingerprint density at radius 3 is 2.34 bits per heavy atom. The maximum absolute atomic E-state index is 12.4. The molecule has 7 heteroatoms. The van der Waals surface area contributed by atoms with Crippen LogP contribution in [-0.4, -0.2) is 17.8 Å². The maximum atomic E-state index is 12.4. The number of ether oxygens (including phenoxy) is 1. The van der Waals surface area contributed by atoms with Gasteiger partial charge in [0.25, 0.3) is 5.91 Å². The molecule has 1 heterocycles. The number of hydrogen-bond donors (Lipinski definition) is 2. The quantitative estimate of drug-likeness (QED) is 0.570. The molecule has 1 aromatic heterocycles. The molecule has 2 N–H and O–H groups in total. The van der Waals surface area contributed by atoms with Gasteiger partial charge in [-0.05, 0) is 60.3 Å². The van der Waals surface area contributed by atoms with Gasteiger partial charge in [0.1, 0.15) is 6.10 Å². The number of rotatable bonds is 6. The van der Waals surface area contributed by atoms with Gasteiger partial charge in [0.05, 0.1) is 10.4 Å². The number of thiophene rings is 1. The average molecular weight is 408 g/mol. The molecule has 0 saturated heterocycles. The molecule has 0 spiro atoms. The summed E-state index contributed by atoms with van der Waals surface area (Å²) in [6.45, 7) is 3.20. The Morgan fingerprint density at radius 1 is 0.931 bits per heavy atom. The van der Waals surface area contributed by atoms with E-state index in [2.05, 4.69) is 10.6 Å². The van der Waals surface area contributed by atoms with E-state index in [1.165, 1.54) is 18.3 Å². The van der Waals surface area contributed by atoms with Crippen LogP contribution in [0.15, 0.2) is 66.0 Å². The van der Waals surface area contributed by atoms with Gasteiger partial charge >= 0.3 is 5.97 Å². The van der Waals surface area contributed by atoms with E-state index in [1.54, 1.807) is 55.5 Å². The number of benzene rings is 2. The standard InChI is InChI=1S/C22H20N2O4S/c1-14(17-5-3-6-19(13-17)23-15(2)25)28-22(27)16-8-10-18(11-9-16)24-21(26)20-7-4-12-29-20/h3-14H,1-2H3,(H,23,25)(H,24,26). The number of carbonyl (C=O) groups is 3. The van der Waals surface area contributed by atoms with E-state index in [0.29, 0.717) is 21.8 Å². The van der Waals surface area contributed by atoms with E-state index in [-0.39, 0.29) is 11.8 Å². The van der Waals surface area contributed by atoms with Gasteiger partial charge in [-0.15, -0.1) is 11.3 Å². The molecule has 0 aliphatic rings. The van der Waals surface area contributed by atoms with Crippen LogP contribution in [0.4, 0.5) is 11.4 Å². The molecule has 0 saturated carbocycles. The van der Waals surface area contributed by atoms with Crippen LogP contribution in [0.1, 0.15) is 45.5 Å². The number of carbonyl (C=O) groups excluding carboxylic acids is 3. The molecule has 0 aliphatic heterocycles. The molecule has 0 fully saturated rings. The summed E-state index contributed by atoms with van der Waals surface area (Å²) in [5.74, 6) is -0.834. The van der Waals surface area contributed by atoms with E-state index >= 15 is 0 Å². The van der Waals surface area contributed by atoms with E-state index in [0.717, 1.165) is 5.56 Å². The summed E-state index contributed by atoms with van der Waals surface area (Å²) in [5, 5.41) is 7.32. The molecule has 3 rings (SSSR count). The highest BCUT2D eigenvalue weighted by Gasteiger charge is 2.15. The minimum absolute atomic E-state index is 0.168. The number of nitrogens with one attached hydrogen (secondary N) is 2. The van der Waals surface area contributed by atoms with Gasteiger partial charge in [0.15, 0.2) is 0 Å². The van der Waals surface area contributed by atoms with Crippen LogP contribution in [-0.2, 0) is 9.53 Å². The molecule has 1 unspecified atom stereocenters. The van der Waals surface area contributed by atoms with Gasteiger partial charge in [-0.3, -0.25) is 9.59 Å². The lowest BCUT2D eigenvalue weighted by Gasteiger charge is -2.15. The van der Waals surface area contributed by atoms with Crippen molar-refractivity contribution >= 4 is 40.5 Å². The van der Waals surface area contributed by atoms with Crippen LogP contribution in [0.3, 0.4) is 0 Å². The van der Waals surface area contributed by atoms with Crippen molar-refractivity contribution in [3.8, 4) is 0 Å².